The van der Waals surface area contributed by atoms with Crippen LogP contribution in [0.5, 0.6) is 0 Å². The predicted molar refractivity (Wildman–Crippen MR) is 69.9 cm³/mol. The van der Waals surface area contributed by atoms with E-state index in [-0.39, 0.29) is 0 Å². The van der Waals surface area contributed by atoms with Crippen LogP contribution in [0.15, 0.2) is 30.3 Å². The number of piperidine rings is 1. The van der Waals surface area contributed by atoms with Gasteiger partial charge < -0.3 is 5.32 Å². The van der Waals surface area contributed by atoms with E-state index in [1.54, 1.807) is 0 Å². The van der Waals surface area contributed by atoms with Crippen molar-refractivity contribution < 1.29 is 0 Å². The van der Waals surface area contributed by atoms with Gasteiger partial charge in [0.2, 0.25) is 0 Å². The van der Waals surface area contributed by atoms with Crippen LogP contribution in [-0.2, 0) is 0 Å². The summed E-state index contributed by atoms with van der Waals surface area (Å²) in [6.45, 7) is 1.15. The zero-order chi connectivity index (χ0) is 11.2. The number of rotatable bonds is 4. The third kappa shape index (κ3) is 2.99. The van der Waals surface area contributed by atoms with Gasteiger partial charge in [-0.25, -0.2) is 0 Å². The van der Waals surface area contributed by atoms with Crippen molar-refractivity contribution in [1.29, 1.82) is 0 Å². The molecule has 0 bridgehead atoms. The van der Waals surface area contributed by atoms with Gasteiger partial charge in [0.05, 0.1) is 0 Å². The molecule has 0 amide bonds. The van der Waals surface area contributed by atoms with Crippen LogP contribution in [0, 0.1) is 5.92 Å². The zero-order valence-electron chi connectivity index (χ0n) is 9.66. The van der Waals surface area contributed by atoms with Crippen LogP contribution in [-0.4, -0.2) is 12.4 Å². The van der Waals surface area contributed by atoms with Crippen LogP contribution >= 0.6 is 11.6 Å². The second-order valence-corrected chi connectivity index (χ2v) is 4.95. The van der Waals surface area contributed by atoms with Crippen molar-refractivity contribution in [2.75, 3.05) is 12.4 Å². The average Bonchev–Trinajstić information content (AvgIpc) is 2.38. The third-order valence-corrected chi connectivity index (χ3v) is 3.72. The van der Waals surface area contributed by atoms with Gasteiger partial charge in [-0.3, -0.25) is 0 Å². The Kier molecular flexibility index (Phi) is 4.68. The molecule has 2 rings (SSSR count). The molecule has 16 heavy (non-hydrogen) atoms. The second-order valence-electron chi connectivity index (χ2n) is 4.58. The van der Waals surface area contributed by atoms with Gasteiger partial charge in [0.1, 0.15) is 0 Å². The molecule has 1 saturated heterocycles. The van der Waals surface area contributed by atoms with Gasteiger partial charge in [0, 0.05) is 11.9 Å². The zero-order valence-corrected chi connectivity index (χ0v) is 10.4. The lowest BCUT2D eigenvalue weighted by Crippen LogP contribution is -2.34. The van der Waals surface area contributed by atoms with Gasteiger partial charge in [-0.15, -0.1) is 11.6 Å². The minimum Gasteiger partial charge on any atom is -0.310 e. The lowest BCUT2D eigenvalue weighted by Gasteiger charge is -2.33. The second kappa shape index (κ2) is 6.27. The summed E-state index contributed by atoms with van der Waals surface area (Å²) in [7, 11) is 0. The summed E-state index contributed by atoms with van der Waals surface area (Å²) in [5, 5.41) is 3.65. The SMILES string of the molecule is ClCCC[C@H]1CCCN[C@@H]1c1ccccc1. The smallest absolute Gasteiger partial charge is 0.0348 e. The number of hydrogen-bond acceptors (Lipinski definition) is 1. The topological polar surface area (TPSA) is 12.0 Å². The fourth-order valence-corrected chi connectivity index (χ4v) is 2.81. The highest BCUT2D eigenvalue weighted by Crippen LogP contribution is 2.32. The van der Waals surface area contributed by atoms with E-state index in [0.29, 0.717) is 6.04 Å². The van der Waals surface area contributed by atoms with E-state index in [0.717, 1.165) is 24.8 Å². The third-order valence-electron chi connectivity index (χ3n) is 3.45. The van der Waals surface area contributed by atoms with E-state index < -0.39 is 0 Å². The minimum atomic E-state index is 0.540. The van der Waals surface area contributed by atoms with Crippen molar-refractivity contribution in [2.45, 2.75) is 31.7 Å². The highest BCUT2D eigenvalue weighted by atomic mass is 35.5. The molecule has 0 aromatic heterocycles. The maximum absolute atomic E-state index is 5.79. The first kappa shape index (κ1) is 11.9. The Hall–Kier alpha value is -0.530. The molecule has 0 unspecified atom stereocenters. The van der Waals surface area contributed by atoms with Gasteiger partial charge in [-0.1, -0.05) is 30.3 Å². The minimum absolute atomic E-state index is 0.540. The van der Waals surface area contributed by atoms with Gasteiger partial charge in [-0.2, -0.15) is 0 Å². The van der Waals surface area contributed by atoms with Crippen LogP contribution in [0.25, 0.3) is 0 Å². The molecule has 0 aliphatic carbocycles. The Morgan fingerprint density at radius 1 is 1.25 bits per heavy atom. The van der Waals surface area contributed by atoms with E-state index in [4.69, 9.17) is 11.6 Å². The largest absolute Gasteiger partial charge is 0.310 e. The van der Waals surface area contributed by atoms with E-state index in [1.165, 1.54) is 24.8 Å². The Labute approximate surface area is 103 Å². The van der Waals surface area contributed by atoms with E-state index in [2.05, 4.69) is 35.6 Å². The molecule has 1 N–H and O–H groups in total. The molecular formula is C14H20ClN. The fraction of sp³-hybridized carbons (Fsp3) is 0.571. The molecule has 1 heterocycles. The van der Waals surface area contributed by atoms with Gasteiger partial charge in [0.15, 0.2) is 0 Å². The van der Waals surface area contributed by atoms with E-state index in [9.17, 15) is 0 Å². The standard InChI is InChI=1S/C14H20ClN/c15-10-4-8-13-9-5-11-16-14(13)12-6-2-1-3-7-12/h1-3,6-7,13-14,16H,4-5,8-11H2/t13-,14+/m0/s1. The Morgan fingerprint density at radius 3 is 2.81 bits per heavy atom. The van der Waals surface area contributed by atoms with E-state index >= 15 is 0 Å². The van der Waals surface area contributed by atoms with Crippen LogP contribution < -0.4 is 5.32 Å². The molecule has 0 spiro atoms. The van der Waals surface area contributed by atoms with Crippen LogP contribution in [0.3, 0.4) is 0 Å². The van der Waals surface area contributed by atoms with Crippen LogP contribution in [0.4, 0.5) is 0 Å². The predicted octanol–water partition coefficient (Wildman–Crippen LogP) is 3.75. The van der Waals surface area contributed by atoms with Crippen LogP contribution in [0.1, 0.15) is 37.3 Å². The molecule has 1 aromatic rings. The lowest BCUT2D eigenvalue weighted by molar-refractivity contribution is 0.268. The molecule has 1 fully saturated rings. The maximum Gasteiger partial charge on any atom is 0.0348 e. The molecule has 88 valence electrons. The Morgan fingerprint density at radius 2 is 2.06 bits per heavy atom. The summed E-state index contributed by atoms with van der Waals surface area (Å²) < 4.78 is 0. The average molecular weight is 238 g/mol. The molecule has 1 aromatic carbocycles. The summed E-state index contributed by atoms with van der Waals surface area (Å²) in [4.78, 5) is 0. The van der Waals surface area contributed by atoms with Gasteiger partial charge in [0.25, 0.3) is 0 Å². The highest BCUT2D eigenvalue weighted by molar-refractivity contribution is 6.17. The maximum atomic E-state index is 5.79. The molecule has 2 atom stereocenters. The van der Waals surface area contributed by atoms with Crippen molar-refractivity contribution >= 4 is 11.6 Å². The number of benzene rings is 1. The summed E-state index contributed by atoms with van der Waals surface area (Å²) in [5.74, 6) is 1.55. The van der Waals surface area contributed by atoms with Crippen molar-refractivity contribution in [1.82, 2.24) is 5.32 Å². The number of halogens is 1. The summed E-state index contributed by atoms with van der Waals surface area (Å²) in [6.07, 6.45) is 5.02. The quantitative estimate of drug-likeness (QED) is 0.787. The van der Waals surface area contributed by atoms with Gasteiger partial charge >= 0.3 is 0 Å². The molecular weight excluding hydrogens is 218 g/mol. The first-order valence-electron chi connectivity index (χ1n) is 6.26. The summed E-state index contributed by atoms with van der Waals surface area (Å²) >= 11 is 5.79. The molecule has 0 radical (unpaired) electrons. The fourth-order valence-electron chi connectivity index (χ4n) is 2.66. The highest BCUT2D eigenvalue weighted by Gasteiger charge is 2.25. The van der Waals surface area contributed by atoms with Crippen molar-refractivity contribution in [3.63, 3.8) is 0 Å². The molecule has 1 aliphatic heterocycles. The number of alkyl halides is 1. The van der Waals surface area contributed by atoms with E-state index in [1.807, 2.05) is 0 Å². The van der Waals surface area contributed by atoms with Crippen molar-refractivity contribution in [3.05, 3.63) is 35.9 Å². The summed E-state index contributed by atoms with van der Waals surface area (Å²) in [5.41, 5.74) is 1.43. The lowest BCUT2D eigenvalue weighted by atomic mass is 9.83. The van der Waals surface area contributed by atoms with Crippen LogP contribution in [0.2, 0.25) is 0 Å². The first-order chi connectivity index (χ1) is 7.92. The molecule has 1 aliphatic rings. The first-order valence-corrected chi connectivity index (χ1v) is 6.79. The molecule has 1 nitrogen and oxygen atoms in total. The Balaban J connectivity index is 2.04. The normalized spacial score (nSPS) is 25.6. The molecule has 2 heteroatoms. The summed E-state index contributed by atoms with van der Waals surface area (Å²) in [6, 6.07) is 11.3. The van der Waals surface area contributed by atoms with Crippen molar-refractivity contribution in [2.24, 2.45) is 5.92 Å². The Bertz CT molecular complexity index is 299. The number of nitrogens with one attached hydrogen (secondary N) is 1. The molecule has 0 saturated carbocycles. The van der Waals surface area contributed by atoms with Gasteiger partial charge in [-0.05, 0) is 43.7 Å². The monoisotopic (exact) mass is 237 g/mol. The number of hydrogen-bond donors (Lipinski definition) is 1. The van der Waals surface area contributed by atoms with Crippen molar-refractivity contribution in [3.8, 4) is 0 Å².